The van der Waals surface area contributed by atoms with E-state index in [0.717, 1.165) is 17.9 Å². The maximum atomic E-state index is 3.90. The van der Waals surface area contributed by atoms with Gasteiger partial charge in [0, 0.05) is 24.7 Å². The van der Waals surface area contributed by atoms with Crippen molar-refractivity contribution in [3.63, 3.8) is 0 Å². The Labute approximate surface area is 125 Å². The fraction of sp³-hybridized carbons (Fsp3) is 1.00. The van der Waals surface area contributed by atoms with Crippen molar-refractivity contribution in [2.24, 2.45) is 11.8 Å². The Morgan fingerprint density at radius 3 is 2.55 bits per heavy atom. The number of rotatable bonds is 5. The zero-order valence-corrected chi connectivity index (χ0v) is 13.7. The highest BCUT2D eigenvalue weighted by Crippen LogP contribution is 2.38. The second-order valence-corrected chi connectivity index (χ2v) is 8.17. The quantitative estimate of drug-likeness (QED) is 0.822. The second kappa shape index (κ2) is 6.36. The third kappa shape index (κ3) is 3.57. The molecule has 1 aliphatic heterocycles. The van der Waals surface area contributed by atoms with Gasteiger partial charge in [0.1, 0.15) is 0 Å². The molecule has 2 heteroatoms. The van der Waals surface area contributed by atoms with Crippen molar-refractivity contribution in [3.05, 3.63) is 0 Å². The van der Waals surface area contributed by atoms with Gasteiger partial charge in [0.15, 0.2) is 0 Å². The molecule has 1 unspecified atom stereocenters. The van der Waals surface area contributed by atoms with Crippen LogP contribution >= 0.6 is 0 Å². The van der Waals surface area contributed by atoms with Crippen LogP contribution in [0, 0.1) is 11.8 Å². The fourth-order valence-electron chi connectivity index (χ4n) is 4.47. The Morgan fingerprint density at radius 2 is 1.90 bits per heavy atom. The predicted octanol–water partition coefficient (Wildman–Crippen LogP) is 3.81. The zero-order valence-electron chi connectivity index (χ0n) is 13.7. The fourth-order valence-corrected chi connectivity index (χ4v) is 4.47. The Kier molecular flexibility index (Phi) is 4.72. The van der Waals surface area contributed by atoms with Crippen LogP contribution in [0.15, 0.2) is 0 Å². The van der Waals surface area contributed by atoms with Crippen LogP contribution in [-0.4, -0.2) is 36.1 Å². The summed E-state index contributed by atoms with van der Waals surface area (Å²) in [5.74, 6) is 1.90. The van der Waals surface area contributed by atoms with E-state index in [1.54, 1.807) is 0 Å². The van der Waals surface area contributed by atoms with Crippen LogP contribution < -0.4 is 5.32 Å². The molecule has 1 atom stereocenters. The van der Waals surface area contributed by atoms with E-state index in [2.05, 4.69) is 24.1 Å². The van der Waals surface area contributed by atoms with Gasteiger partial charge in [0.25, 0.3) is 0 Å². The molecular weight excluding hydrogens is 244 g/mol. The Hall–Kier alpha value is -0.0800. The molecule has 1 spiro atoms. The minimum absolute atomic E-state index is 0.528. The number of nitrogens with zero attached hydrogens (tertiary/aromatic N) is 1. The Balaban J connectivity index is 1.62. The van der Waals surface area contributed by atoms with Crippen molar-refractivity contribution in [2.75, 3.05) is 19.6 Å². The van der Waals surface area contributed by atoms with E-state index in [9.17, 15) is 0 Å². The Bertz CT molecular complexity index is 303. The van der Waals surface area contributed by atoms with Crippen molar-refractivity contribution in [1.29, 1.82) is 0 Å². The normalized spacial score (nSPS) is 31.1. The average Bonchev–Trinajstić information content (AvgIpc) is 3.24. The van der Waals surface area contributed by atoms with E-state index < -0.39 is 0 Å². The topological polar surface area (TPSA) is 15.3 Å². The summed E-state index contributed by atoms with van der Waals surface area (Å²) in [5.41, 5.74) is 0.528. The molecule has 3 aliphatic rings. The molecule has 1 N–H and O–H groups in total. The minimum atomic E-state index is 0.528. The van der Waals surface area contributed by atoms with Gasteiger partial charge >= 0.3 is 0 Å². The summed E-state index contributed by atoms with van der Waals surface area (Å²) in [5, 5.41) is 3.90. The molecule has 3 fully saturated rings. The molecule has 20 heavy (non-hydrogen) atoms. The lowest BCUT2D eigenvalue weighted by Gasteiger charge is -2.52. The summed E-state index contributed by atoms with van der Waals surface area (Å²) >= 11 is 0. The second-order valence-electron chi connectivity index (χ2n) is 8.17. The molecule has 0 bridgehead atoms. The lowest BCUT2D eigenvalue weighted by Crippen LogP contribution is -2.65. The first-order valence-electron chi connectivity index (χ1n) is 9.16. The summed E-state index contributed by atoms with van der Waals surface area (Å²) in [6.07, 6.45) is 13.1. The van der Waals surface area contributed by atoms with Gasteiger partial charge in [0.2, 0.25) is 0 Å². The molecule has 1 saturated heterocycles. The number of piperazine rings is 1. The van der Waals surface area contributed by atoms with E-state index in [-0.39, 0.29) is 0 Å². The first-order valence-corrected chi connectivity index (χ1v) is 9.16. The first-order chi connectivity index (χ1) is 9.68. The van der Waals surface area contributed by atoms with Crippen LogP contribution in [0.5, 0.6) is 0 Å². The maximum Gasteiger partial charge on any atom is 0.0334 e. The van der Waals surface area contributed by atoms with Crippen molar-refractivity contribution >= 4 is 0 Å². The van der Waals surface area contributed by atoms with Gasteiger partial charge in [-0.15, -0.1) is 0 Å². The molecule has 0 aromatic carbocycles. The van der Waals surface area contributed by atoms with Gasteiger partial charge in [-0.3, -0.25) is 4.90 Å². The highest BCUT2D eigenvalue weighted by Gasteiger charge is 2.42. The summed E-state index contributed by atoms with van der Waals surface area (Å²) in [7, 11) is 0. The standard InChI is InChI=1S/C18H34N2/c1-15(2)12-17-13-20(11-8-16-6-7-16)18(14-19-17)9-4-3-5-10-18/h15-17,19H,3-14H2,1-2H3. The third-order valence-electron chi connectivity index (χ3n) is 5.88. The van der Waals surface area contributed by atoms with Crippen LogP contribution in [0.4, 0.5) is 0 Å². The molecule has 2 saturated carbocycles. The molecule has 1 heterocycles. The van der Waals surface area contributed by atoms with Crippen LogP contribution in [0.3, 0.4) is 0 Å². The van der Waals surface area contributed by atoms with Gasteiger partial charge in [-0.1, -0.05) is 46.0 Å². The van der Waals surface area contributed by atoms with Gasteiger partial charge in [-0.2, -0.15) is 0 Å². The van der Waals surface area contributed by atoms with E-state index in [1.807, 2.05) is 0 Å². The van der Waals surface area contributed by atoms with Gasteiger partial charge in [0.05, 0.1) is 0 Å². The summed E-state index contributed by atoms with van der Waals surface area (Å²) in [6.45, 7) is 8.67. The molecule has 116 valence electrons. The summed E-state index contributed by atoms with van der Waals surface area (Å²) < 4.78 is 0. The predicted molar refractivity (Wildman–Crippen MR) is 86.0 cm³/mol. The highest BCUT2D eigenvalue weighted by molar-refractivity contribution is 5.01. The van der Waals surface area contributed by atoms with Crippen molar-refractivity contribution in [2.45, 2.75) is 83.2 Å². The van der Waals surface area contributed by atoms with E-state index in [4.69, 9.17) is 0 Å². The summed E-state index contributed by atoms with van der Waals surface area (Å²) in [6, 6.07) is 0.738. The smallest absolute Gasteiger partial charge is 0.0334 e. The molecule has 0 aromatic rings. The van der Waals surface area contributed by atoms with Gasteiger partial charge in [-0.05, 0) is 44.1 Å². The van der Waals surface area contributed by atoms with Crippen LogP contribution in [-0.2, 0) is 0 Å². The molecule has 0 aromatic heterocycles. The SMILES string of the molecule is CC(C)CC1CN(CCC2CC2)C2(CCCCC2)CN1. The van der Waals surface area contributed by atoms with Crippen molar-refractivity contribution in [1.82, 2.24) is 10.2 Å². The van der Waals surface area contributed by atoms with Crippen LogP contribution in [0.1, 0.15) is 71.6 Å². The van der Waals surface area contributed by atoms with Crippen molar-refractivity contribution < 1.29 is 0 Å². The van der Waals surface area contributed by atoms with Gasteiger partial charge < -0.3 is 5.32 Å². The largest absolute Gasteiger partial charge is 0.311 e. The number of hydrogen-bond donors (Lipinski definition) is 1. The first kappa shape index (κ1) is 14.8. The Morgan fingerprint density at radius 1 is 1.15 bits per heavy atom. The molecule has 2 aliphatic carbocycles. The third-order valence-corrected chi connectivity index (χ3v) is 5.88. The maximum absolute atomic E-state index is 3.90. The molecule has 2 nitrogen and oxygen atoms in total. The van der Waals surface area contributed by atoms with E-state index >= 15 is 0 Å². The van der Waals surface area contributed by atoms with Gasteiger partial charge in [-0.25, -0.2) is 0 Å². The minimum Gasteiger partial charge on any atom is -0.311 e. The number of hydrogen-bond acceptors (Lipinski definition) is 2. The highest BCUT2D eigenvalue weighted by atomic mass is 15.3. The molecule has 3 rings (SSSR count). The lowest BCUT2D eigenvalue weighted by molar-refractivity contribution is 0.00489. The molecule has 0 radical (unpaired) electrons. The lowest BCUT2D eigenvalue weighted by atomic mass is 9.77. The molecular formula is C18H34N2. The van der Waals surface area contributed by atoms with Crippen molar-refractivity contribution in [3.8, 4) is 0 Å². The molecule has 0 amide bonds. The van der Waals surface area contributed by atoms with Crippen LogP contribution in [0.25, 0.3) is 0 Å². The summed E-state index contributed by atoms with van der Waals surface area (Å²) in [4.78, 5) is 2.92. The van der Waals surface area contributed by atoms with Crippen LogP contribution in [0.2, 0.25) is 0 Å². The van der Waals surface area contributed by atoms with E-state index in [0.29, 0.717) is 5.54 Å². The monoisotopic (exact) mass is 278 g/mol. The van der Waals surface area contributed by atoms with E-state index in [1.165, 1.54) is 77.4 Å². The number of nitrogens with one attached hydrogen (secondary N) is 1. The average molecular weight is 278 g/mol. The zero-order chi connectivity index (χ0) is 14.0.